The quantitative estimate of drug-likeness (QED) is 0.392. The van der Waals surface area contributed by atoms with Gasteiger partial charge in [-0.05, 0) is 81.0 Å². The molecule has 0 bridgehead atoms. The molecule has 4 rings (SSSR count). The molecule has 1 aromatic heterocycles. The standard InChI is InChI=1S/C29H34N2O2.C2H6/c1-6-10-21-13-15-22(16-14-21)31-28(32)24(27(19(3)4)29(31)33)18-26-20(5)23-11-8-9-12-25(23)30(26)17-7-2;1-2/h11-16,18H,6-10,17H2,1-5H3;1-2H3/b24-18+;. The van der Waals surface area contributed by atoms with E-state index in [1.54, 1.807) is 0 Å². The minimum atomic E-state index is -0.242. The average Bonchev–Trinajstić information content (AvgIpc) is 3.27. The zero-order valence-corrected chi connectivity index (χ0v) is 22.5. The highest BCUT2D eigenvalue weighted by Crippen LogP contribution is 2.33. The minimum Gasteiger partial charge on any atom is -0.341 e. The molecule has 35 heavy (non-hydrogen) atoms. The molecule has 1 aliphatic carbocycles. The molecule has 0 atom stereocenters. The zero-order chi connectivity index (χ0) is 25.7. The molecule has 2 aliphatic rings. The fraction of sp³-hybridized carbons (Fsp3) is 0.419. The van der Waals surface area contributed by atoms with Gasteiger partial charge in [-0.15, -0.1) is 0 Å². The first-order valence-corrected chi connectivity index (χ1v) is 13.2. The first-order valence-electron chi connectivity index (χ1n) is 13.2. The number of allylic oxidation sites excluding steroid dienone is 1. The summed E-state index contributed by atoms with van der Waals surface area (Å²) in [5.41, 5.74) is 5.93. The number of hydrogen-bond acceptors (Lipinski definition) is 2. The van der Waals surface area contributed by atoms with Gasteiger partial charge in [0.05, 0.1) is 16.8 Å². The molecule has 0 saturated carbocycles. The van der Waals surface area contributed by atoms with Gasteiger partial charge in [0, 0.05) is 17.6 Å². The number of anilines is 1. The number of nitrogens with zero attached hydrogens (tertiary/aromatic N) is 2. The highest BCUT2D eigenvalue weighted by atomic mass is 16.2. The van der Waals surface area contributed by atoms with Crippen molar-refractivity contribution < 1.29 is 9.59 Å². The lowest BCUT2D eigenvalue weighted by atomic mass is 10.0. The molecule has 2 heterocycles. The fourth-order valence-corrected chi connectivity index (χ4v) is 5.02. The van der Waals surface area contributed by atoms with E-state index in [-0.39, 0.29) is 11.8 Å². The van der Waals surface area contributed by atoms with Crippen LogP contribution in [0.3, 0.4) is 0 Å². The third-order valence-corrected chi connectivity index (χ3v) is 6.58. The van der Waals surface area contributed by atoms with Crippen LogP contribution in [0.25, 0.3) is 18.2 Å². The first-order chi connectivity index (χ1) is 16.9. The number of amides is 2. The lowest BCUT2D eigenvalue weighted by molar-refractivity contribution is -0.119. The van der Waals surface area contributed by atoms with Crippen molar-refractivity contribution in [1.29, 1.82) is 0 Å². The molecule has 0 radical (unpaired) electrons. The summed E-state index contributed by atoms with van der Waals surface area (Å²) < 4.78 is 2.32. The van der Waals surface area contributed by atoms with E-state index in [1.165, 1.54) is 26.6 Å². The molecular weight excluding hydrogens is 432 g/mol. The number of aryl methyl sites for hydroxylation is 1. The smallest absolute Gasteiger partial charge is 0.266 e. The second-order valence-electron chi connectivity index (χ2n) is 9.24. The molecule has 2 aromatic rings. The molecule has 1 aromatic carbocycles. The Labute approximate surface area is 210 Å². The van der Waals surface area contributed by atoms with Crippen LogP contribution in [0.5, 0.6) is 0 Å². The lowest BCUT2D eigenvalue weighted by Crippen LogP contribution is -2.31. The summed E-state index contributed by atoms with van der Waals surface area (Å²) in [7, 11) is 0. The molecule has 2 amide bonds. The number of hydrogen-bond donors (Lipinski definition) is 0. The van der Waals surface area contributed by atoms with Gasteiger partial charge in [0.2, 0.25) is 0 Å². The van der Waals surface area contributed by atoms with Gasteiger partial charge >= 0.3 is 0 Å². The molecule has 4 heteroatoms. The van der Waals surface area contributed by atoms with Crippen molar-refractivity contribution in [3.63, 3.8) is 0 Å². The second kappa shape index (κ2) is 11.5. The summed E-state index contributed by atoms with van der Waals surface area (Å²) in [6, 6.07) is 7.80. The van der Waals surface area contributed by atoms with Gasteiger partial charge in [0.1, 0.15) is 0 Å². The van der Waals surface area contributed by atoms with Crippen LogP contribution in [0, 0.1) is 6.92 Å². The molecule has 1 fully saturated rings. The average molecular weight is 473 g/mol. The van der Waals surface area contributed by atoms with Crippen LogP contribution >= 0.6 is 0 Å². The van der Waals surface area contributed by atoms with Crippen LogP contribution in [0.4, 0.5) is 5.69 Å². The summed E-state index contributed by atoms with van der Waals surface area (Å²) in [4.78, 5) is 28.4. The molecule has 0 spiro atoms. The van der Waals surface area contributed by atoms with Gasteiger partial charge in [0.15, 0.2) is 0 Å². The van der Waals surface area contributed by atoms with Crippen molar-refractivity contribution in [2.45, 2.75) is 87.1 Å². The predicted molar refractivity (Wildman–Crippen MR) is 148 cm³/mol. The Kier molecular flexibility index (Phi) is 8.71. The van der Waals surface area contributed by atoms with Gasteiger partial charge in [0.25, 0.3) is 11.8 Å². The van der Waals surface area contributed by atoms with Crippen LogP contribution < -0.4 is 15.5 Å². The van der Waals surface area contributed by atoms with Crippen molar-refractivity contribution in [2.75, 3.05) is 4.90 Å². The van der Waals surface area contributed by atoms with Crippen molar-refractivity contribution in [3.8, 4) is 0 Å². The number of fused-ring (bicyclic) bond motifs is 1. The summed E-state index contributed by atoms with van der Waals surface area (Å²) >= 11 is 0. The van der Waals surface area contributed by atoms with Crippen LogP contribution in [-0.2, 0) is 22.6 Å². The van der Waals surface area contributed by atoms with E-state index in [0.717, 1.165) is 49.9 Å². The normalized spacial score (nSPS) is 16.0. The molecule has 186 valence electrons. The zero-order valence-electron chi connectivity index (χ0n) is 22.5. The van der Waals surface area contributed by atoms with E-state index in [4.69, 9.17) is 0 Å². The van der Waals surface area contributed by atoms with E-state index < -0.39 is 0 Å². The fourth-order valence-electron chi connectivity index (χ4n) is 5.02. The van der Waals surface area contributed by atoms with E-state index in [2.05, 4.69) is 37.5 Å². The summed E-state index contributed by atoms with van der Waals surface area (Å²) in [5, 5.41) is 2.51. The summed E-state index contributed by atoms with van der Waals surface area (Å²) in [6.07, 6.45) is 11.7. The highest BCUT2D eigenvalue weighted by Gasteiger charge is 2.40. The largest absolute Gasteiger partial charge is 0.341 e. The maximum Gasteiger partial charge on any atom is 0.266 e. The predicted octanol–water partition coefficient (Wildman–Crippen LogP) is 5.83. The van der Waals surface area contributed by atoms with Crippen molar-refractivity contribution >= 4 is 35.7 Å². The highest BCUT2D eigenvalue weighted by molar-refractivity contribution is 6.38. The first kappa shape index (κ1) is 26.5. The van der Waals surface area contributed by atoms with Crippen molar-refractivity contribution in [3.05, 3.63) is 68.4 Å². The van der Waals surface area contributed by atoms with Gasteiger partial charge in [-0.25, -0.2) is 4.90 Å². The lowest BCUT2D eigenvalue weighted by Gasteiger charge is -2.14. The third-order valence-electron chi connectivity index (χ3n) is 6.58. The Balaban J connectivity index is 0.00000167. The Hall–Kier alpha value is -3.14. The van der Waals surface area contributed by atoms with Crippen molar-refractivity contribution in [2.24, 2.45) is 0 Å². The van der Waals surface area contributed by atoms with Crippen LogP contribution in [0.15, 0.2) is 41.0 Å². The van der Waals surface area contributed by atoms with Gasteiger partial charge in [-0.2, -0.15) is 0 Å². The molecule has 0 N–H and O–H groups in total. The SMILES string of the molecule is CC.CCCc1ccc(N2C(=O)C(=C(C)C)/C(=C\c3c(C)c4c(n3CCC)=CCCC=4)C2=O)cc1. The molecular formula is C31H40N2O2. The summed E-state index contributed by atoms with van der Waals surface area (Å²) in [5.74, 6) is -0.474. The van der Waals surface area contributed by atoms with Gasteiger partial charge in [-0.1, -0.05) is 64.0 Å². The number of imide groups is 1. The number of carbonyl (C=O) groups excluding carboxylic acids is 2. The molecule has 1 saturated heterocycles. The van der Waals surface area contributed by atoms with Crippen LogP contribution in [0.1, 0.15) is 84.0 Å². The monoisotopic (exact) mass is 472 g/mol. The Morgan fingerprint density at radius 1 is 0.943 bits per heavy atom. The topological polar surface area (TPSA) is 42.3 Å². The molecule has 4 nitrogen and oxygen atoms in total. The Bertz CT molecular complexity index is 1280. The minimum absolute atomic E-state index is 0.233. The van der Waals surface area contributed by atoms with E-state index in [0.29, 0.717) is 16.8 Å². The summed E-state index contributed by atoms with van der Waals surface area (Å²) in [6.45, 7) is 15.1. The third kappa shape index (κ3) is 4.98. The Morgan fingerprint density at radius 2 is 1.60 bits per heavy atom. The molecule has 1 aliphatic heterocycles. The maximum absolute atomic E-state index is 13.6. The van der Waals surface area contributed by atoms with E-state index in [9.17, 15) is 9.59 Å². The van der Waals surface area contributed by atoms with Crippen LogP contribution in [-0.4, -0.2) is 16.4 Å². The number of benzene rings is 1. The molecule has 0 unspecified atom stereocenters. The van der Waals surface area contributed by atoms with E-state index in [1.807, 2.05) is 58.0 Å². The number of rotatable bonds is 6. The second-order valence-corrected chi connectivity index (χ2v) is 9.24. The van der Waals surface area contributed by atoms with E-state index >= 15 is 0 Å². The Morgan fingerprint density at radius 3 is 2.20 bits per heavy atom. The number of aromatic nitrogens is 1. The van der Waals surface area contributed by atoms with Crippen LogP contribution in [0.2, 0.25) is 0 Å². The maximum atomic E-state index is 13.6. The van der Waals surface area contributed by atoms with Gasteiger partial charge < -0.3 is 4.57 Å². The number of carbonyl (C=O) groups is 2. The van der Waals surface area contributed by atoms with Crippen molar-refractivity contribution in [1.82, 2.24) is 4.57 Å². The van der Waals surface area contributed by atoms with Gasteiger partial charge in [-0.3, -0.25) is 9.59 Å².